The van der Waals surface area contributed by atoms with E-state index in [1.165, 1.54) is 18.2 Å². The molecule has 0 saturated carbocycles. The summed E-state index contributed by atoms with van der Waals surface area (Å²) in [6.07, 6.45) is 2.85. The number of aryl methyl sites for hydroxylation is 2. The van der Waals surface area contributed by atoms with E-state index in [2.05, 4.69) is 20.9 Å². The first-order valence-electron chi connectivity index (χ1n) is 10.8. The molecule has 1 aromatic carbocycles. The average Bonchev–Trinajstić information content (AvgIpc) is 2.77. The number of rotatable bonds is 13. The van der Waals surface area contributed by atoms with Gasteiger partial charge in [-0.25, -0.2) is 4.98 Å². The number of hydrogen-bond acceptors (Lipinski definition) is 7. The molecule has 0 aliphatic heterocycles. The van der Waals surface area contributed by atoms with Crippen LogP contribution in [0.25, 0.3) is 0 Å². The fourth-order valence-electron chi connectivity index (χ4n) is 3.24. The zero-order valence-corrected chi connectivity index (χ0v) is 22.2. The Morgan fingerprint density at radius 1 is 1.11 bits per heavy atom. The van der Waals surface area contributed by atoms with Gasteiger partial charge in [-0.05, 0) is 49.9 Å². The van der Waals surface area contributed by atoms with Crippen LogP contribution in [0.5, 0.6) is 0 Å². The van der Waals surface area contributed by atoms with E-state index >= 15 is 0 Å². The minimum absolute atomic E-state index is 0. The van der Waals surface area contributed by atoms with Gasteiger partial charge in [-0.1, -0.05) is 12.1 Å². The van der Waals surface area contributed by atoms with E-state index in [-0.39, 0.29) is 54.1 Å². The summed E-state index contributed by atoms with van der Waals surface area (Å²) in [6, 6.07) is 7.15. The maximum atomic E-state index is 12.3. The number of aromatic nitrogens is 1. The molecule has 12 heteroatoms. The van der Waals surface area contributed by atoms with Crippen LogP contribution in [-0.2, 0) is 14.4 Å². The number of hydrogen-bond donors (Lipinski definition) is 4. The molecule has 35 heavy (non-hydrogen) atoms. The van der Waals surface area contributed by atoms with Crippen molar-refractivity contribution in [3.63, 3.8) is 0 Å². The summed E-state index contributed by atoms with van der Waals surface area (Å²) >= 11 is 0. The fraction of sp³-hybridized carbons (Fsp3) is 0.391. The average molecular weight is 495 g/mol. The van der Waals surface area contributed by atoms with Crippen molar-refractivity contribution in [2.45, 2.75) is 45.6 Å². The van der Waals surface area contributed by atoms with Gasteiger partial charge < -0.3 is 21.1 Å². The molecule has 1 unspecified atom stereocenters. The number of benzene rings is 1. The second-order valence-corrected chi connectivity index (χ2v) is 7.90. The third kappa shape index (κ3) is 10.8. The number of nitro benzene ring substituents is 1. The molecule has 0 fully saturated rings. The van der Waals surface area contributed by atoms with Crippen LogP contribution < -0.4 is 45.5 Å². The number of nitrogens with zero attached hydrogens (tertiary/aromatic N) is 2. The molecule has 1 atom stereocenters. The zero-order chi connectivity index (χ0) is 25.1. The largest absolute Gasteiger partial charge is 1.00 e. The zero-order valence-electron chi connectivity index (χ0n) is 20.2. The molecule has 0 radical (unpaired) electrons. The second kappa shape index (κ2) is 15.1. The molecule has 0 aliphatic carbocycles. The Bertz CT molecular complexity index is 1050. The Kier molecular flexibility index (Phi) is 12.9. The number of carbonyl (C=O) groups is 3. The van der Waals surface area contributed by atoms with Gasteiger partial charge in [0.05, 0.1) is 23.9 Å². The molecular formula is C23H29N5NaO6+. The number of amides is 2. The third-order valence-corrected chi connectivity index (χ3v) is 5.04. The van der Waals surface area contributed by atoms with Crippen molar-refractivity contribution < 1.29 is 54.0 Å². The molecule has 0 aliphatic rings. The van der Waals surface area contributed by atoms with Crippen LogP contribution >= 0.6 is 0 Å². The summed E-state index contributed by atoms with van der Waals surface area (Å²) in [4.78, 5) is 50.4. The number of carbonyl (C=O) groups excluding carboxylic acids is 2. The Balaban J connectivity index is 0.00000612. The second-order valence-electron chi connectivity index (χ2n) is 7.90. The van der Waals surface area contributed by atoms with Crippen molar-refractivity contribution >= 4 is 29.3 Å². The standard InChI is InChI=1S/C23H29N5O6.Na/c1-15-8-10-25-20(11-15)24-9-4-3-5-21(29)26-14-22(30)27-18(13-23(31)32)17-7-6-16(2)19(12-17)28(33)34;/h6-8,10-12,18H,3-5,9,13-14H2,1-2H3,(H,24,25)(H,26,29)(H,27,30)(H,31,32);/q;+1. The van der Waals surface area contributed by atoms with Gasteiger partial charge in [0, 0.05) is 30.8 Å². The smallest absolute Gasteiger partial charge is 0.481 e. The maximum Gasteiger partial charge on any atom is 1.00 e. The van der Waals surface area contributed by atoms with E-state index in [0.717, 1.165) is 17.8 Å². The number of carboxylic acids is 1. The summed E-state index contributed by atoms with van der Waals surface area (Å²) in [5.74, 6) is -1.29. The van der Waals surface area contributed by atoms with E-state index in [9.17, 15) is 29.6 Å². The summed E-state index contributed by atoms with van der Waals surface area (Å²) in [5.41, 5.74) is 1.66. The maximum absolute atomic E-state index is 12.3. The third-order valence-electron chi connectivity index (χ3n) is 5.04. The number of nitro groups is 1. The molecule has 11 nitrogen and oxygen atoms in total. The van der Waals surface area contributed by atoms with E-state index in [1.54, 1.807) is 13.1 Å². The van der Waals surface area contributed by atoms with Gasteiger partial charge in [0.2, 0.25) is 11.8 Å². The molecule has 2 aromatic rings. The summed E-state index contributed by atoms with van der Waals surface area (Å²) in [7, 11) is 0. The molecule has 182 valence electrons. The molecule has 1 heterocycles. The van der Waals surface area contributed by atoms with Gasteiger partial charge in [-0.3, -0.25) is 24.5 Å². The van der Waals surface area contributed by atoms with Crippen LogP contribution in [-0.4, -0.2) is 45.9 Å². The van der Waals surface area contributed by atoms with E-state index in [0.29, 0.717) is 24.1 Å². The molecular weight excluding hydrogens is 465 g/mol. The number of anilines is 1. The minimum Gasteiger partial charge on any atom is -0.481 e. The SMILES string of the molecule is Cc1ccnc(NCCCCC(=O)NCC(=O)NC(CC(=O)O)c2ccc(C)c([N+](=O)[O-])c2)c1.[Na+]. The molecule has 4 N–H and O–H groups in total. The molecule has 0 spiro atoms. The minimum atomic E-state index is -1.17. The quantitative estimate of drug-likeness (QED) is 0.127. The predicted octanol–water partition coefficient (Wildman–Crippen LogP) is -0.359. The van der Waals surface area contributed by atoms with E-state index in [4.69, 9.17) is 0 Å². The van der Waals surface area contributed by atoms with Crippen LogP contribution in [0, 0.1) is 24.0 Å². The molecule has 0 bridgehead atoms. The molecule has 2 amide bonds. The van der Waals surface area contributed by atoms with Crippen molar-refractivity contribution in [2.75, 3.05) is 18.4 Å². The predicted molar refractivity (Wildman–Crippen MR) is 125 cm³/mol. The Morgan fingerprint density at radius 2 is 1.86 bits per heavy atom. The summed E-state index contributed by atoms with van der Waals surface area (Å²) < 4.78 is 0. The van der Waals surface area contributed by atoms with Gasteiger partial charge >= 0.3 is 35.5 Å². The fourth-order valence-corrected chi connectivity index (χ4v) is 3.24. The van der Waals surface area contributed by atoms with Crippen LogP contribution in [0.15, 0.2) is 36.5 Å². The number of pyridine rings is 1. The van der Waals surface area contributed by atoms with Gasteiger partial charge in [-0.15, -0.1) is 0 Å². The Morgan fingerprint density at radius 3 is 2.51 bits per heavy atom. The van der Waals surface area contributed by atoms with Crippen molar-refractivity contribution in [3.05, 3.63) is 63.3 Å². The summed E-state index contributed by atoms with van der Waals surface area (Å²) in [5, 5.41) is 28.6. The number of unbranched alkanes of at least 4 members (excludes halogenated alkanes) is 1. The van der Waals surface area contributed by atoms with Crippen LogP contribution in [0.3, 0.4) is 0 Å². The van der Waals surface area contributed by atoms with Gasteiger partial charge in [0.25, 0.3) is 5.69 Å². The Hall–Kier alpha value is -3.02. The first-order chi connectivity index (χ1) is 16.2. The molecule has 1 aromatic heterocycles. The van der Waals surface area contributed by atoms with Crippen molar-refractivity contribution in [1.82, 2.24) is 15.6 Å². The van der Waals surface area contributed by atoms with Gasteiger partial charge in [0.1, 0.15) is 5.82 Å². The van der Waals surface area contributed by atoms with Crippen LogP contribution in [0.4, 0.5) is 11.5 Å². The van der Waals surface area contributed by atoms with Crippen LogP contribution in [0.1, 0.15) is 48.4 Å². The summed E-state index contributed by atoms with van der Waals surface area (Å²) in [6.45, 7) is 3.87. The molecule has 2 rings (SSSR count). The first-order valence-corrected chi connectivity index (χ1v) is 10.8. The van der Waals surface area contributed by atoms with Crippen LogP contribution in [0.2, 0.25) is 0 Å². The number of aliphatic carboxylic acids is 1. The van der Waals surface area contributed by atoms with E-state index in [1.807, 2.05) is 19.1 Å². The normalized spacial score (nSPS) is 11.0. The van der Waals surface area contributed by atoms with Crippen molar-refractivity contribution in [1.29, 1.82) is 0 Å². The van der Waals surface area contributed by atoms with Crippen molar-refractivity contribution in [3.8, 4) is 0 Å². The van der Waals surface area contributed by atoms with Gasteiger partial charge in [0.15, 0.2) is 0 Å². The monoisotopic (exact) mass is 494 g/mol. The first kappa shape index (κ1) is 30.0. The Labute approximate surface area is 225 Å². The topological polar surface area (TPSA) is 164 Å². The molecule has 0 saturated heterocycles. The van der Waals surface area contributed by atoms with Crippen molar-refractivity contribution in [2.24, 2.45) is 0 Å². The number of carboxylic acid groups (broad SMARTS) is 1. The number of nitrogens with one attached hydrogen (secondary N) is 3. The van der Waals surface area contributed by atoms with Gasteiger partial charge in [-0.2, -0.15) is 0 Å². The van der Waals surface area contributed by atoms with E-state index < -0.39 is 29.3 Å².